The van der Waals surface area contributed by atoms with Gasteiger partial charge >= 0.3 is 12.1 Å². The van der Waals surface area contributed by atoms with Gasteiger partial charge in [0.2, 0.25) is 0 Å². The van der Waals surface area contributed by atoms with Crippen molar-refractivity contribution in [3.05, 3.63) is 65.2 Å². The van der Waals surface area contributed by atoms with Crippen LogP contribution in [-0.2, 0) is 9.63 Å². The van der Waals surface area contributed by atoms with E-state index in [0.29, 0.717) is 12.1 Å². The van der Waals surface area contributed by atoms with E-state index >= 15 is 0 Å². The first kappa shape index (κ1) is 26.2. The van der Waals surface area contributed by atoms with Crippen LogP contribution in [0.2, 0.25) is 0 Å². The molecule has 0 bridgehead atoms. The van der Waals surface area contributed by atoms with Gasteiger partial charge in [0.05, 0.1) is 6.54 Å². The van der Waals surface area contributed by atoms with Crippen molar-refractivity contribution in [3.8, 4) is 5.75 Å². The Kier molecular flexibility index (Phi) is 8.59. The van der Waals surface area contributed by atoms with Crippen molar-refractivity contribution in [2.45, 2.75) is 13.1 Å². The van der Waals surface area contributed by atoms with Gasteiger partial charge in [-0.1, -0.05) is 12.1 Å². The minimum atomic E-state index is -5.32. The lowest BCUT2D eigenvalue weighted by Gasteiger charge is -2.22. The van der Waals surface area contributed by atoms with E-state index in [4.69, 9.17) is 15.9 Å². The molecule has 0 radical (unpaired) electrons. The molecule has 0 atom stereocenters. The predicted molar refractivity (Wildman–Crippen MR) is 115 cm³/mol. The molecule has 0 spiro atoms. The molecular weight excluding hydrogens is 457 g/mol. The Hall–Kier alpha value is -4.09. The molecule has 0 aliphatic rings. The summed E-state index contributed by atoms with van der Waals surface area (Å²) in [4.78, 5) is 42.0. The SMILES string of the molecule is CCN(C)C(=O)c1ccc(C(=O)N(CCOc2cccc(C(=N)N)c2)OC(=O)C(F)(F)F)cc1. The molecule has 2 rings (SSSR count). The van der Waals surface area contributed by atoms with Gasteiger partial charge in [-0.3, -0.25) is 15.0 Å². The maximum Gasteiger partial charge on any atom is 0.493 e. The summed E-state index contributed by atoms with van der Waals surface area (Å²) in [5.74, 6) is -3.89. The quantitative estimate of drug-likeness (QED) is 0.340. The van der Waals surface area contributed by atoms with Crippen LogP contribution in [0, 0.1) is 5.41 Å². The van der Waals surface area contributed by atoms with Gasteiger partial charge in [0.15, 0.2) is 0 Å². The number of benzene rings is 2. The van der Waals surface area contributed by atoms with Crippen molar-refractivity contribution in [2.24, 2.45) is 5.73 Å². The van der Waals surface area contributed by atoms with Crippen LogP contribution in [0.15, 0.2) is 48.5 Å². The molecule has 12 heteroatoms. The molecule has 0 aliphatic heterocycles. The zero-order valence-corrected chi connectivity index (χ0v) is 18.4. The molecule has 0 unspecified atom stereocenters. The van der Waals surface area contributed by atoms with E-state index in [2.05, 4.69) is 4.84 Å². The van der Waals surface area contributed by atoms with Crippen molar-refractivity contribution in [1.82, 2.24) is 9.96 Å². The third kappa shape index (κ3) is 6.95. The first-order valence-electron chi connectivity index (χ1n) is 9.97. The van der Waals surface area contributed by atoms with Gasteiger partial charge < -0.3 is 20.2 Å². The number of hydrogen-bond acceptors (Lipinski definition) is 6. The number of amidine groups is 1. The number of nitrogens with two attached hydrogens (primary N) is 1. The predicted octanol–water partition coefficient (Wildman–Crippen LogP) is 2.60. The molecule has 3 N–H and O–H groups in total. The van der Waals surface area contributed by atoms with E-state index in [0.717, 1.165) is 0 Å². The average molecular weight is 480 g/mol. The van der Waals surface area contributed by atoms with Crippen LogP contribution in [0.5, 0.6) is 5.75 Å². The normalized spacial score (nSPS) is 10.9. The van der Waals surface area contributed by atoms with Gasteiger partial charge in [-0.25, -0.2) is 4.79 Å². The van der Waals surface area contributed by atoms with E-state index < -0.39 is 24.6 Å². The molecule has 0 saturated heterocycles. The van der Waals surface area contributed by atoms with E-state index in [9.17, 15) is 27.6 Å². The van der Waals surface area contributed by atoms with E-state index in [1.54, 1.807) is 26.1 Å². The van der Waals surface area contributed by atoms with Crippen LogP contribution < -0.4 is 10.5 Å². The minimum Gasteiger partial charge on any atom is -0.492 e. The number of amides is 2. The summed E-state index contributed by atoms with van der Waals surface area (Å²) in [7, 11) is 1.59. The first-order chi connectivity index (χ1) is 15.9. The van der Waals surface area contributed by atoms with Gasteiger partial charge in [-0.2, -0.15) is 18.2 Å². The number of rotatable bonds is 8. The highest BCUT2D eigenvalue weighted by Gasteiger charge is 2.43. The molecule has 0 heterocycles. The number of nitrogen functional groups attached to an aromatic ring is 1. The second kappa shape index (κ2) is 11.2. The molecule has 34 heavy (non-hydrogen) atoms. The molecule has 9 nitrogen and oxygen atoms in total. The van der Waals surface area contributed by atoms with Crippen LogP contribution in [0.3, 0.4) is 0 Å². The molecule has 2 aromatic rings. The molecule has 2 aromatic carbocycles. The number of hydroxylamine groups is 2. The summed E-state index contributed by atoms with van der Waals surface area (Å²) in [6, 6.07) is 11.2. The summed E-state index contributed by atoms with van der Waals surface area (Å²) < 4.78 is 43.5. The molecule has 0 fully saturated rings. The fraction of sp³-hybridized carbons (Fsp3) is 0.273. The Morgan fingerprint density at radius 3 is 2.12 bits per heavy atom. The van der Waals surface area contributed by atoms with Crippen LogP contribution in [0.1, 0.15) is 33.2 Å². The van der Waals surface area contributed by atoms with Crippen LogP contribution in [-0.4, -0.2) is 66.5 Å². The zero-order valence-electron chi connectivity index (χ0n) is 18.4. The van der Waals surface area contributed by atoms with E-state index in [1.165, 1.54) is 41.3 Å². The molecule has 2 amide bonds. The van der Waals surface area contributed by atoms with Crippen LogP contribution in [0.25, 0.3) is 0 Å². The highest BCUT2D eigenvalue weighted by molar-refractivity contribution is 5.98. The Morgan fingerprint density at radius 2 is 1.59 bits per heavy atom. The molecule has 0 aromatic heterocycles. The number of hydrogen-bond donors (Lipinski definition) is 2. The van der Waals surface area contributed by atoms with Gasteiger partial charge in [0, 0.05) is 30.3 Å². The molecule has 182 valence electrons. The second-order valence-corrected chi connectivity index (χ2v) is 6.97. The summed E-state index contributed by atoms with van der Waals surface area (Å²) in [5.41, 5.74) is 5.92. The monoisotopic (exact) mass is 480 g/mol. The lowest BCUT2D eigenvalue weighted by atomic mass is 10.1. The lowest BCUT2D eigenvalue weighted by molar-refractivity contribution is -0.229. The van der Waals surface area contributed by atoms with Crippen molar-refractivity contribution in [3.63, 3.8) is 0 Å². The largest absolute Gasteiger partial charge is 0.493 e. The maximum atomic E-state index is 12.8. The number of carbonyl (C=O) groups is 3. The molecule has 0 saturated carbocycles. The Labute approximate surface area is 193 Å². The van der Waals surface area contributed by atoms with Gasteiger partial charge in [0.1, 0.15) is 18.2 Å². The fourth-order valence-electron chi connectivity index (χ4n) is 2.60. The molecular formula is C22H23F3N4O5. The average Bonchev–Trinajstić information content (AvgIpc) is 2.81. The maximum absolute atomic E-state index is 12.8. The number of nitrogens with zero attached hydrogens (tertiary/aromatic N) is 2. The third-order valence-electron chi connectivity index (χ3n) is 4.56. The number of alkyl halides is 3. The second-order valence-electron chi connectivity index (χ2n) is 6.97. The van der Waals surface area contributed by atoms with Crippen molar-refractivity contribution in [2.75, 3.05) is 26.7 Å². The topological polar surface area (TPSA) is 126 Å². The van der Waals surface area contributed by atoms with Crippen LogP contribution in [0.4, 0.5) is 13.2 Å². The minimum absolute atomic E-state index is 0.107. The van der Waals surface area contributed by atoms with Gasteiger partial charge in [0.25, 0.3) is 11.8 Å². The summed E-state index contributed by atoms with van der Waals surface area (Å²) in [6.45, 7) is 1.36. The van der Waals surface area contributed by atoms with E-state index in [1.807, 2.05) is 0 Å². The lowest BCUT2D eigenvalue weighted by Crippen LogP contribution is -2.40. The highest BCUT2D eigenvalue weighted by atomic mass is 19.4. The van der Waals surface area contributed by atoms with Crippen molar-refractivity contribution in [1.29, 1.82) is 5.41 Å². The number of carbonyl (C=O) groups excluding carboxylic acids is 3. The summed E-state index contributed by atoms with van der Waals surface area (Å²) >= 11 is 0. The number of nitrogens with one attached hydrogen (secondary N) is 1. The Morgan fingerprint density at radius 1 is 1.00 bits per heavy atom. The Balaban J connectivity index is 2.17. The first-order valence-corrected chi connectivity index (χ1v) is 9.97. The van der Waals surface area contributed by atoms with Crippen molar-refractivity contribution < 1.29 is 37.1 Å². The number of ether oxygens (including phenoxy) is 1. The Bertz CT molecular complexity index is 1060. The standard InChI is InChI=1S/C22H23F3N4O5/c1-3-28(2)19(30)14-7-9-15(10-8-14)20(31)29(34-21(32)22(23,24)25)11-12-33-17-6-4-5-16(13-17)18(26)27/h4-10,13H,3,11-12H2,1-2H3,(H3,26,27). The summed E-state index contributed by atoms with van der Waals surface area (Å²) in [6.07, 6.45) is -5.32. The third-order valence-corrected chi connectivity index (χ3v) is 4.56. The van der Waals surface area contributed by atoms with Gasteiger partial charge in [-0.15, -0.1) is 0 Å². The molecule has 0 aliphatic carbocycles. The zero-order chi connectivity index (χ0) is 25.5. The highest BCUT2D eigenvalue weighted by Crippen LogP contribution is 2.19. The summed E-state index contributed by atoms with van der Waals surface area (Å²) in [5, 5.41) is 7.66. The fourth-order valence-corrected chi connectivity index (χ4v) is 2.60. The smallest absolute Gasteiger partial charge is 0.492 e. The van der Waals surface area contributed by atoms with Gasteiger partial charge in [-0.05, 0) is 43.3 Å². The van der Waals surface area contributed by atoms with Crippen LogP contribution >= 0.6 is 0 Å². The number of halogens is 3. The van der Waals surface area contributed by atoms with Crippen molar-refractivity contribution >= 4 is 23.6 Å². The van der Waals surface area contributed by atoms with E-state index in [-0.39, 0.29) is 40.3 Å².